The van der Waals surface area contributed by atoms with E-state index in [9.17, 15) is 8.42 Å². The van der Waals surface area contributed by atoms with Crippen molar-refractivity contribution in [3.8, 4) is 11.5 Å². The van der Waals surface area contributed by atoms with E-state index < -0.39 is 10.0 Å². The molecule has 1 fully saturated rings. The Morgan fingerprint density at radius 2 is 1.87 bits per heavy atom. The molecule has 0 radical (unpaired) electrons. The fourth-order valence-electron chi connectivity index (χ4n) is 4.40. The summed E-state index contributed by atoms with van der Waals surface area (Å²) in [4.78, 5) is 0.307. The summed E-state index contributed by atoms with van der Waals surface area (Å²) >= 11 is 0. The number of para-hydroxylation sites is 1. The fraction of sp³-hybridized carbons (Fsp3) is 0.417. The molecule has 0 saturated carbocycles. The van der Waals surface area contributed by atoms with E-state index in [4.69, 9.17) is 9.47 Å². The highest BCUT2D eigenvalue weighted by Crippen LogP contribution is 2.38. The fourth-order valence-corrected chi connectivity index (χ4v) is 5.90. The third kappa shape index (κ3) is 4.04. The number of aryl methyl sites for hydroxylation is 1. The molecule has 0 aliphatic carbocycles. The van der Waals surface area contributed by atoms with Crippen LogP contribution in [0.1, 0.15) is 38.7 Å². The van der Waals surface area contributed by atoms with Crippen molar-refractivity contribution in [3.63, 3.8) is 0 Å². The number of benzene rings is 2. The van der Waals surface area contributed by atoms with Gasteiger partial charge in [-0.1, -0.05) is 12.1 Å². The number of ether oxygens (including phenoxy) is 2. The van der Waals surface area contributed by atoms with E-state index in [1.54, 1.807) is 35.7 Å². The largest absolute Gasteiger partial charge is 0.495 e. The van der Waals surface area contributed by atoms with Crippen LogP contribution in [-0.4, -0.2) is 43.6 Å². The SMILES string of the molecule is CCn1cc(C2CCN(S(=O)(=O)c3ccc(OC(C)C)cc3)C2)c2cccc(OC)c21. The molecule has 2 heterocycles. The van der Waals surface area contributed by atoms with Crippen LogP contribution in [0.2, 0.25) is 0 Å². The average Bonchev–Trinajstić information content (AvgIpc) is 3.38. The van der Waals surface area contributed by atoms with Crippen molar-refractivity contribution in [1.82, 2.24) is 8.87 Å². The van der Waals surface area contributed by atoms with E-state index >= 15 is 0 Å². The van der Waals surface area contributed by atoms with Gasteiger partial charge in [-0.2, -0.15) is 4.31 Å². The minimum absolute atomic E-state index is 0.0469. The lowest BCUT2D eigenvalue weighted by Gasteiger charge is -2.17. The molecule has 3 aromatic rings. The summed E-state index contributed by atoms with van der Waals surface area (Å²) in [7, 11) is -1.86. The first-order chi connectivity index (χ1) is 14.8. The number of hydrogen-bond donors (Lipinski definition) is 0. The minimum atomic E-state index is -3.54. The maximum Gasteiger partial charge on any atom is 0.243 e. The van der Waals surface area contributed by atoms with Gasteiger partial charge in [0.05, 0.1) is 23.6 Å². The van der Waals surface area contributed by atoms with Crippen LogP contribution in [-0.2, 0) is 16.6 Å². The van der Waals surface area contributed by atoms with Gasteiger partial charge in [-0.3, -0.25) is 0 Å². The Balaban J connectivity index is 1.60. The molecule has 4 rings (SSSR count). The summed E-state index contributed by atoms with van der Waals surface area (Å²) in [5.74, 6) is 1.67. The van der Waals surface area contributed by atoms with Crippen LogP contribution in [0.5, 0.6) is 11.5 Å². The van der Waals surface area contributed by atoms with Crippen LogP contribution in [0.25, 0.3) is 10.9 Å². The van der Waals surface area contributed by atoms with Crippen LogP contribution in [0.4, 0.5) is 0 Å². The molecule has 31 heavy (non-hydrogen) atoms. The van der Waals surface area contributed by atoms with Gasteiger partial charge in [-0.05, 0) is 63.1 Å². The van der Waals surface area contributed by atoms with Crippen LogP contribution >= 0.6 is 0 Å². The molecule has 166 valence electrons. The molecule has 1 aliphatic rings. The zero-order chi connectivity index (χ0) is 22.2. The third-order valence-corrected chi connectivity index (χ3v) is 7.76. The van der Waals surface area contributed by atoms with Crippen molar-refractivity contribution in [1.29, 1.82) is 0 Å². The number of methoxy groups -OCH3 is 1. The lowest BCUT2D eigenvalue weighted by atomic mass is 9.98. The van der Waals surface area contributed by atoms with Crippen LogP contribution in [0, 0.1) is 0 Å². The Bertz CT molecular complexity index is 1170. The molecule has 0 bridgehead atoms. The Morgan fingerprint density at radius 1 is 1.13 bits per heavy atom. The van der Waals surface area contributed by atoms with Crippen molar-refractivity contribution in [2.75, 3.05) is 20.2 Å². The van der Waals surface area contributed by atoms with E-state index in [0.29, 0.717) is 23.7 Å². The highest BCUT2D eigenvalue weighted by molar-refractivity contribution is 7.89. The highest BCUT2D eigenvalue weighted by Gasteiger charge is 2.34. The van der Waals surface area contributed by atoms with Gasteiger partial charge in [0.2, 0.25) is 10.0 Å². The molecule has 1 unspecified atom stereocenters. The van der Waals surface area contributed by atoms with Gasteiger partial charge in [0, 0.05) is 37.1 Å². The molecule has 1 atom stereocenters. The topological polar surface area (TPSA) is 60.8 Å². The standard InChI is InChI=1S/C24H30N2O4S/c1-5-25-16-22(21-7-6-8-23(29-4)24(21)25)18-13-14-26(15-18)31(27,28)20-11-9-19(10-12-20)30-17(2)3/h6-12,16-18H,5,13-15H2,1-4H3. The summed E-state index contributed by atoms with van der Waals surface area (Å²) in [6.45, 7) is 7.82. The van der Waals surface area contributed by atoms with Gasteiger partial charge in [0.25, 0.3) is 0 Å². The number of nitrogens with zero attached hydrogens (tertiary/aromatic N) is 2. The van der Waals surface area contributed by atoms with E-state index in [1.165, 1.54) is 5.56 Å². The van der Waals surface area contributed by atoms with E-state index in [-0.39, 0.29) is 12.0 Å². The quantitative estimate of drug-likeness (QED) is 0.535. The molecule has 6 nitrogen and oxygen atoms in total. The summed E-state index contributed by atoms with van der Waals surface area (Å²) in [6, 6.07) is 12.8. The molecular weight excluding hydrogens is 412 g/mol. The maximum atomic E-state index is 13.2. The molecular formula is C24H30N2O4S. The van der Waals surface area contributed by atoms with Gasteiger partial charge < -0.3 is 14.0 Å². The Hall–Kier alpha value is -2.51. The highest BCUT2D eigenvalue weighted by atomic mass is 32.2. The first kappa shape index (κ1) is 21.7. The lowest BCUT2D eigenvalue weighted by Crippen LogP contribution is -2.28. The molecule has 0 N–H and O–H groups in total. The normalized spacial score (nSPS) is 17.5. The molecule has 1 aromatic heterocycles. The van der Waals surface area contributed by atoms with Crippen LogP contribution in [0.3, 0.4) is 0 Å². The van der Waals surface area contributed by atoms with Crippen LogP contribution in [0.15, 0.2) is 53.6 Å². The average molecular weight is 443 g/mol. The third-order valence-electron chi connectivity index (χ3n) is 5.88. The summed E-state index contributed by atoms with van der Waals surface area (Å²) < 4.78 is 41.5. The molecule has 1 aliphatic heterocycles. The van der Waals surface area contributed by atoms with E-state index in [2.05, 4.69) is 23.8 Å². The molecule has 1 saturated heterocycles. The smallest absolute Gasteiger partial charge is 0.243 e. The number of hydrogen-bond acceptors (Lipinski definition) is 4. The number of sulfonamides is 1. The Labute approximate surface area is 184 Å². The maximum absolute atomic E-state index is 13.2. The lowest BCUT2D eigenvalue weighted by molar-refractivity contribution is 0.242. The molecule has 7 heteroatoms. The van der Waals surface area contributed by atoms with Gasteiger partial charge in [0.15, 0.2) is 0 Å². The number of fused-ring (bicyclic) bond motifs is 1. The van der Waals surface area contributed by atoms with Crippen LogP contribution < -0.4 is 9.47 Å². The molecule has 2 aromatic carbocycles. The van der Waals surface area contributed by atoms with Crippen molar-refractivity contribution in [3.05, 3.63) is 54.2 Å². The zero-order valence-corrected chi connectivity index (χ0v) is 19.4. The van der Waals surface area contributed by atoms with Gasteiger partial charge in [-0.25, -0.2) is 8.42 Å². The second kappa shape index (κ2) is 8.55. The first-order valence-electron chi connectivity index (χ1n) is 10.8. The van der Waals surface area contributed by atoms with Gasteiger partial charge >= 0.3 is 0 Å². The Morgan fingerprint density at radius 3 is 2.52 bits per heavy atom. The summed E-state index contributed by atoms with van der Waals surface area (Å²) in [6.07, 6.45) is 3.01. The van der Waals surface area contributed by atoms with E-state index in [0.717, 1.165) is 29.6 Å². The molecule has 0 amide bonds. The van der Waals surface area contributed by atoms with E-state index in [1.807, 2.05) is 26.0 Å². The second-order valence-electron chi connectivity index (χ2n) is 8.21. The number of aromatic nitrogens is 1. The Kier molecular flexibility index (Phi) is 5.99. The van der Waals surface area contributed by atoms with Gasteiger partial charge in [0.1, 0.15) is 11.5 Å². The van der Waals surface area contributed by atoms with Gasteiger partial charge in [-0.15, -0.1) is 0 Å². The predicted molar refractivity (Wildman–Crippen MR) is 122 cm³/mol. The summed E-state index contributed by atoms with van der Waals surface area (Å²) in [5, 5.41) is 1.14. The van der Waals surface area contributed by atoms with Crippen molar-refractivity contribution in [2.45, 2.75) is 50.7 Å². The second-order valence-corrected chi connectivity index (χ2v) is 10.2. The first-order valence-corrected chi connectivity index (χ1v) is 12.2. The van der Waals surface area contributed by atoms with Crippen molar-refractivity contribution < 1.29 is 17.9 Å². The number of rotatable bonds is 7. The monoisotopic (exact) mass is 442 g/mol. The zero-order valence-electron chi connectivity index (χ0n) is 18.5. The minimum Gasteiger partial charge on any atom is -0.495 e. The molecule has 0 spiro atoms. The van der Waals surface area contributed by atoms with Crippen molar-refractivity contribution >= 4 is 20.9 Å². The van der Waals surface area contributed by atoms with Crippen molar-refractivity contribution in [2.24, 2.45) is 0 Å². The summed E-state index contributed by atoms with van der Waals surface area (Å²) in [5.41, 5.74) is 2.26. The predicted octanol–water partition coefficient (Wildman–Crippen LogP) is 4.64.